The van der Waals surface area contributed by atoms with Crippen molar-refractivity contribution in [2.75, 3.05) is 24.7 Å². The van der Waals surface area contributed by atoms with Crippen LogP contribution in [0.3, 0.4) is 0 Å². The Morgan fingerprint density at radius 2 is 1.46 bits per heavy atom. The summed E-state index contributed by atoms with van der Waals surface area (Å²) in [7, 11) is 0. The number of halogens is 3. The molecular weight excluding hydrogens is 545 g/mol. The number of carboxylic acid groups (broad SMARTS) is 1. The summed E-state index contributed by atoms with van der Waals surface area (Å²) in [6.07, 6.45) is -0.0178. The number of hydrogen-bond acceptors (Lipinski definition) is 8. The summed E-state index contributed by atoms with van der Waals surface area (Å²) in [6, 6.07) is 14.0. The highest BCUT2D eigenvalue weighted by Crippen LogP contribution is 2.24. The number of carbonyl (C=O) groups is 3. The van der Waals surface area contributed by atoms with Crippen molar-refractivity contribution in [1.82, 2.24) is 0 Å². The van der Waals surface area contributed by atoms with Crippen LogP contribution in [-0.4, -0.2) is 42.4 Å². The lowest BCUT2D eigenvalue weighted by Gasteiger charge is -2.10. The lowest BCUT2D eigenvalue weighted by molar-refractivity contribution is -0.153. The summed E-state index contributed by atoms with van der Waals surface area (Å²) in [6.45, 7) is -1.27. The fraction of sp³-hybridized carbons (Fsp3) is 0.207. The second-order valence-electron chi connectivity index (χ2n) is 8.78. The van der Waals surface area contributed by atoms with Gasteiger partial charge in [-0.05, 0) is 85.0 Å². The largest absolute Gasteiger partial charge is 0.484 e. The smallest absolute Gasteiger partial charge is 0.422 e. The van der Waals surface area contributed by atoms with E-state index in [1.54, 1.807) is 12.1 Å². The van der Waals surface area contributed by atoms with Crippen LogP contribution in [0.1, 0.15) is 44.7 Å². The van der Waals surface area contributed by atoms with Gasteiger partial charge in [0.05, 0.1) is 17.7 Å². The van der Waals surface area contributed by atoms with Gasteiger partial charge in [0.2, 0.25) is 0 Å². The first-order valence-corrected chi connectivity index (χ1v) is 12.3. The lowest BCUT2D eigenvalue weighted by Crippen LogP contribution is -2.19. The zero-order valence-electron chi connectivity index (χ0n) is 21.6. The quantitative estimate of drug-likeness (QED) is 0.0865. The second-order valence-corrected chi connectivity index (χ2v) is 8.78. The van der Waals surface area contributed by atoms with E-state index in [-0.39, 0.29) is 29.2 Å². The highest BCUT2D eigenvalue weighted by Gasteiger charge is 2.28. The first-order valence-electron chi connectivity index (χ1n) is 12.3. The number of ether oxygens (including phenoxy) is 3. The fourth-order valence-corrected chi connectivity index (χ4v) is 3.58. The fourth-order valence-electron chi connectivity index (χ4n) is 3.58. The zero-order chi connectivity index (χ0) is 30.0. The Bertz CT molecular complexity index is 1380. The van der Waals surface area contributed by atoms with Crippen LogP contribution in [0.15, 0.2) is 66.7 Å². The van der Waals surface area contributed by atoms with E-state index in [4.69, 9.17) is 26.0 Å². The molecule has 5 N–H and O–H groups in total. The number of carbonyl (C=O) groups excluding carboxylic acids is 2. The standard InChI is InChI=1S/C29H27F3N2O7/c30-29(31,32)17-40-21-11-7-19(8-12-21)28(38)41-22-9-4-18(5-10-22)6-13-26(35)39-14-2-1-3-23-24(33)15-20(27(36)37)16-25(23)34/h4-13,15-16H,1-3,14,17,33-34H2,(H,36,37). The van der Waals surface area contributed by atoms with E-state index in [0.717, 1.165) is 0 Å². The molecule has 0 spiro atoms. The van der Waals surface area contributed by atoms with Crippen LogP contribution >= 0.6 is 0 Å². The van der Waals surface area contributed by atoms with Crippen LogP contribution in [-0.2, 0) is 16.0 Å². The van der Waals surface area contributed by atoms with Crippen molar-refractivity contribution >= 4 is 35.4 Å². The van der Waals surface area contributed by atoms with Crippen molar-refractivity contribution in [3.05, 3.63) is 89.0 Å². The molecule has 0 amide bonds. The third-order valence-corrected chi connectivity index (χ3v) is 5.63. The summed E-state index contributed by atoms with van der Waals surface area (Å²) >= 11 is 0. The molecule has 3 aromatic rings. The molecule has 0 aliphatic carbocycles. The third-order valence-electron chi connectivity index (χ3n) is 5.63. The highest BCUT2D eigenvalue weighted by molar-refractivity contribution is 5.92. The maximum Gasteiger partial charge on any atom is 0.422 e. The van der Waals surface area contributed by atoms with Crippen molar-refractivity contribution in [3.8, 4) is 11.5 Å². The van der Waals surface area contributed by atoms with Gasteiger partial charge < -0.3 is 30.8 Å². The van der Waals surface area contributed by atoms with Crippen molar-refractivity contribution in [3.63, 3.8) is 0 Å². The topological polar surface area (TPSA) is 151 Å². The van der Waals surface area contributed by atoms with Gasteiger partial charge in [0.25, 0.3) is 0 Å². The predicted molar refractivity (Wildman–Crippen MR) is 145 cm³/mol. The number of nitrogens with two attached hydrogens (primary N) is 2. The number of unbranched alkanes of at least 4 members (excludes halogenated alkanes) is 1. The van der Waals surface area contributed by atoms with Crippen molar-refractivity contribution in [2.45, 2.75) is 25.4 Å². The molecule has 0 bridgehead atoms. The minimum absolute atomic E-state index is 0.0185. The number of esters is 2. The Balaban J connectivity index is 1.40. The molecule has 0 unspecified atom stereocenters. The first-order chi connectivity index (χ1) is 19.4. The van der Waals surface area contributed by atoms with E-state index in [1.165, 1.54) is 60.7 Å². The maximum atomic E-state index is 12.3. The van der Waals surface area contributed by atoms with E-state index >= 15 is 0 Å². The van der Waals surface area contributed by atoms with Gasteiger partial charge in [0.15, 0.2) is 6.61 Å². The number of aromatic carboxylic acids is 1. The molecule has 0 aliphatic heterocycles. The molecule has 0 heterocycles. The Kier molecular flexibility index (Phi) is 10.3. The van der Waals surface area contributed by atoms with Gasteiger partial charge in [-0.15, -0.1) is 0 Å². The van der Waals surface area contributed by atoms with Crippen molar-refractivity contribution < 1.29 is 46.9 Å². The van der Waals surface area contributed by atoms with Gasteiger partial charge in [-0.3, -0.25) is 0 Å². The molecule has 0 saturated carbocycles. The number of hydrogen-bond donors (Lipinski definition) is 3. The van der Waals surface area contributed by atoms with E-state index in [1.807, 2.05) is 0 Å². The molecule has 12 heteroatoms. The minimum Gasteiger partial charge on any atom is -0.484 e. The third kappa shape index (κ3) is 9.92. The van der Waals surface area contributed by atoms with Gasteiger partial charge in [-0.25, -0.2) is 14.4 Å². The molecule has 0 radical (unpaired) electrons. The van der Waals surface area contributed by atoms with E-state index in [9.17, 15) is 27.6 Å². The van der Waals surface area contributed by atoms with Crippen molar-refractivity contribution in [1.29, 1.82) is 0 Å². The van der Waals surface area contributed by atoms with Crippen LogP contribution in [0.2, 0.25) is 0 Å². The Morgan fingerprint density at radius 1 is 0.854 bits per heavy atom. The molecule has 0 atom stereocenters. The average molecular weight is 573 g/mol. The highest BCUT2D eigenvalue weighted by atomic mass is 19.4. The molecule has 0 fully saturated rings. The van der Waals surface area contributed by atoms with Gasteiger partial charge in [0.1, 0.15) is 11.5 Å². The van der Waals surface area contributed by atoms with E-state index < -0.39 is 30.7 Å². The summed E-state index contributed by atoms with van der Waals surface area (Å²) in [4.78, 5) is 35.4. The lowest BCUT2D eigenvalue weighted by atomic mass is 10.0. The van der Waals surface area contributed by atoms with Crippen LogP contribution in [0, 0.1) is 0 Å². The van der Waals surface area contributed by atoms with Gasteiger partial charge in [0, 0.05) is 17.5 Å². The number of rotatable bonds is 12. The number of anilines is 2. The minimum atomic E-state index is -4.47. The van der Waals surface area contributed by atoms with Crippen LogP contribution in [0.25, 0.3) is 6.08 Å². The van der Waals surface area contributed by atoms with E-state index in [2.05, 4.69) is 4.74 Å². The summed E-state index contributed by atoms with van der Waals surface area (Å²) in [5.41, 5.74) is 13.9. The van der Waals surface area contributed by atoms with Gasteiger partial charge in [-0.1, -0.05) is 12.1 Å². The van der Waals surface area contributed by atoms with Crippen LogP contribution in [0.4, 0.5) is 24.5 Å². The normalized spacial score (nSPS) is 11.3. The Labute approximate surface area is 233 Å². The molecule has 0 aromatic heterocycles. The molecule has 216 valence electrons. The van der Waals surface area contributed by atoms with Crippen LogP contribution < -0.4 is 20.9 Å². The molecule has 3 rings (SSSR count). The Hall–Kier alpha value is -5.00. The predicted octanol–water partition coefficient (Wildman–Crippen LogP) is 5.29. The maximum absolute atomic E-state index is 12.3. The molecule has 0 aliphatic rings. The SMILES string of the molecule is Nc1cc(C(=O)O)cc(N)c1CCCCOC(=O)C=Cc1ccc(OC(=O)c2ccc(OCC(F)(F)F)cc2)cc1. The van der Waals surface area contributed by atoms with Gasteiger partial charge in [-0.2, -0.15) is 13.2 Å². The van der Waals surface area contributed by atoms with Crippen molar-refractivity contribution in [2.24, 2.45) is 0 Å². The molecular formula is C29H27F3N2O7. The zero-order valence-corrected chi connectivity index (χ0v) is 21.6. The average Bonchev–Trinajstić information content (AvgIpc) is 2.92. The van der Waals surface area contributed by atoms with Gasteiger partial charge >= 0.3 is 24.1 Å². The van der Waals surface area contributed by atoms with Crippen LogP contribution in [0.5, 0.6) is 11.5 Å². The number of nitrogen functional groups attached to an aromatic ring is 2. The molecule has 3 aromatic carbocycles. The number of carboxylic acids is 1. The second kappa shape index (κ2) is 13.9. The Morgan fingerprint density at radius 3 is 2.05 bits per heavy atom. The summed E-state index contributed by atoms with van der Waals surface area (Å²) in [5.74, 6) is -2.17. The number of benzene rings is 3. The molecule has 0 saturated heterocycles. The van der Waals surface area contributed by atoms with E-state index in [0.29, 0.717) is 41.8 Å². The summed E-state index contributed by atoms with van der Waals surface area (Å²) in [5, 5.41) is 9.05. The molecule has 9 nitrogen and oxygen atoms in total. The number of alkyl halides is 3. The summed E-state index contributed by atoms with van der Waals surface area (Å²) < 4.78 is 51.7. The molecule has 41 heavy (non-hydrogen) atoms. The monoisotopic (exact) mass is 572 g/mol. The first kappa shape index (κ1) is 30.5.